The summed E-state index contributed by atoms with van der Waals surface area (Å²) in [5.74, 6) is 0.757. The third-order valence-corrected chi connectivity index (χ3v) is 8.35. The van der Waals surface area contributed by atoms with Crippen LogP contribution in [0, 0.1) is 3.57 Å². The summed E-state index contributed by atoms with van der Waals surface area (Å²) < 4.78 is 7.40. The van der Waals surface area contributed by atoms with Gasteiger partial charge in [-0.3, -0.25) is 4.90 Å². The highest BCUT2D eigenvalue weighted by Crippen LogP contribution is 2.40. The summed E-state index contributed by atoms with van der Waals surface area (Å²) in [4.78, 5) is 25.7. The minimum Gasteiger partial charge on any atom is -0.444 e. The topological polar surface area (TPSA) is 58.6 Å². The van der Waals surface area contributed by atoms with E-state index in [1.165, 1.54) is 0 Å². The fourth-order valence-electron chi connectivity index (χ4n) is 4.06. The summed E-state index contributed by atoms with van der Waals surface area (Å²) >= 11 is 18.5. The molecular weight excluding hydrogens is 594 g/mol. The summed E-state index contributed by atoms with van der Waals surface area (Å²) in [5.41, 5.74) is 0.112. The van der Waals surface area contributed by atoms with Crippen LogP contribution in [0.3, 0.4) is 0 Å². The van der Waals surface area contributed by atoms with Gasteiger partial charge >= 0.3 is 6.09 Å². The lowest BCUT2D eigenvalue weighted by molar-refractivity contribution is 0.0123. The third kappa shape index (κ3) is 4.14. The van der Waals surface area contributed by atoms with Gasteiger partial charge in [0, 0.05) is 22.0 Å². The number of carbonyl (C=O) groups excluding carboxylic acids is 1. The number of amides is 1. The van der Waals surface area contributed by atoms with Crippen LogP contribution in [-0.4, -0.2) is 51.7 Å². The van der Waals surface area contributed by atoms with Crippen molar-refractivity contribution in [3.8, 4) is 0 Å². The number of hydrogen-bond donors (Lipinski definition) is 0. The van der Waals surface area contributed by atoms with Gasteiger partial charge < -0.3 is 9.64 Å². The molecule has 1 aromatic heterocycles. The van der Waals surface area contributed by atoms with Crippen molar-refractivity contribution in [2.75, 3.05) is 18.0 Å². The first-order chi connectivity index (χ1) is 13.5. The van der Waals surface area contributed by atoms with Gasteiger partial charge in [0.1, 0.15) is 11.4 Å². The molecule has 0 aliphatic carbocycles. The summed E-state index contributed by atoms with van der Waals surface area (Å²) in [6, 6.07) is 2.18. The number of aromatic nitrogens is 2. The lowest BCUT2D eigenvalue weighted by Gasteiger charge is -2.42. The molecule has 1 aromatic carbocycles. The Kier molecular flexibility index (Phi) is 5.85. The number of piperazine rings is 1. The first-order valence-electron chi connectivity index (χ1n) is 9.32. The van der Waals surface area contributed by atoms with Crippen molar-refractivity contribution in [1.82, 2.24) is 14.9 Å². The lowest BCUT2D eigenvalue weighted by Crippen LogP contribution is -2.57. The molecular formula is C19H20BrCl2IN4O2. The largest absolute Gasteiger partial charge is 0.444 e. The quantitative estimate of drug-likeness (QED) is 0.228. The second-order valence-corrected chi connectivity index (χ2v) is 11.0. The molecule has 29 heavy (non-hydrogen) atoms. The zero-order chi connectivity index (χ0) is 21.1. The summed E-state index contributed by atoms with van der Waals surface area (Å²) in [6.07, 6.45) is 1.65. The maximum absolute atomic E-state index is 12.7. The van der Waals surface area contributed by atoms with Crippen LogP contribution >= 0.6 is 61.7 Å². The third-order valence-electron chi connectivity index (χ3n) is 5.17. The number of nitrogens with zero attached hydrogens (tertiary/aromatic N) is 4. The van der Waals surface area contributed by atoms with Gasteiger partial charge in [-0.15, -0.1) is 0 Å². The van der Waals surface area contributed by atoms with Crippen LogP contribution in [0.5, 0.6) is 0 Å². The highest BCUT2D eigenvalue weighted by Gasteiger charge is 2.45. The zero-order valence-electron chi connectivity index (χ0n) is 16.2. The Morgan fingerprint density at radius 3 is 2.45 bits per heavy atom. The molecule has 6 nitrogen and oxygen atoms in total. The number of ether oxygens (including phenoxy) is 1. The number of fused-ring (bicyclic) bond motifs is 3. The van der Waals surface area contributed by atoms with Gasteiger partial charge in [0.15, 0.2) is 0 Å². The maximum Gasteiger partial charge on any atom is 0.410 e. The smallest absolute Gasteiger partial charge is 0.410 e. The Labute approximate surface area is 201 Å². The number of benzene rings is 1. The Bertz CT molecular complexity index is 987. The van der Waals surface area contributed by atoms with Crippen LogP contribution in [0.25, 0.3) is 10.9 Å². The molecule has 2 atom stereocenters. The molecule has 1 amide bonds. The molecule has 3 heterocycles. The van der Waals surface area contributed by atoms with Crippen molar-refractivity contribution in [3.05, 3.63) is 24.4 Å². The first-order valence-corrected chi connectivity index (χ1v) is 11.9. The SMILES string of the molecule is CC(C)(C)OC(=O)N1[C@@H]2CC[C@H]1CN(c1nc(Cl)nc3c(Cl)c(Br)c(I)cc13)C2. The molecule has 2 aromatic rings. The standard InChI is InChI=1S/C19H20BrCl2IN4O2/c1-19(2,3)29-18(28)27-9-4-5-10(27)8-26(7-9)16-11-6-12(23)13(20)14(21)15(11)24-17(22)25-16/h6,9-10H,4-5,7-8H2,1-3H3/t9-,10+. The molecule has 2 bridgehead atoms. The fourth-order valence-corrected chi connectivity index (χ4v) is 5.51. The summed E-state index contributed by atoms with van der Waals surface area (Å²) in [7, 11) is 0. The van der Waals surface area contributed by atoms with E-state index in [0.717, 1.165) is 32.1 Å². The van der Waals surface area contributed by atoms with E-state index in [0.29, 0.717) is 23.6 Å². The maximum atomic E-state index is 12.7. The molecule has 2 fully saturated rings. The zero-order valence-corrected chi connectivity index (χ0v) is 21.4. The highest BCUT2D eigenvalue weighted by molar-refractivity contribution is 14.1. The van der Waals surface area contributed by atoms with E-state index >= 15 is 0 Å². The molecule has 0 unspecified atom stereocenters. The second-order valence-electron chi connectivity index (χ2n) is 8.38. The highest BCUT2D eigenvalue weighted by atomic mass is 127. The molecule has 2 aliphatic heterocycles. The van der Waals surface area contributed by atoms with E-state index in [-0.39, 0.29) is 23.5 Å². The number of carbonyl (C=O) groups is 1. The van der Waals surface area contributed by atoms with Gasteiger partial charge in [-0.25, -0.2) is 9.78 Å². The second kappa shape index (κ2) is 7.84. The van der Waals surface area contributed by atoms with Crippen molar-refractivity contribution in [2.24, 2.45) is 0 Å². The van der Waals surface area contributed by atoms with E-state index in [1.807, 2.05) is 31.7 Å². The van der Waals surface area contributed by atoms with Crippen molar-refractivity contribution >= 4 is 84.5 Å². The Morgan fingerprint density at radius 2 is 1.86 bits per heavy atom. The summed E-state index contributed by atoms with van der Waals surface area (Å²) in [5, 5.41) is 1.54. The number of rotatable bonds is 1. The normalized spacial score (nSPS) is 21.8. The number of hydrogen-bond acceptors (Lipinski definition) is 5. The predicted molar refractivity (Wildman–Crippen MR) is 127 cm³/mol. The molecule has 10 heteroatoms. The van der Waals surface area contributed by atoms with Gasteiger partial charge in [0.2, 0.25) is 5.28 Å². The Balaban J connectivity index is 1.68. The summed E-state index contributed by atoms with van der Waals surface area (Å²) in [6.45, 7) is 7.01. The van der Waals surface area contributed by atoms with Gasteiger partial charge in [0.25, 0.3) is 0 Å². The molecule has 0 radical (unpaired) electrons. The number of halogens is 4. The van der Waals surface area contributed by atoms with Gasteiger partial charge in [-0.2, -0.15) is 4.98 Å². The van der Waals surface area contributed by atoms with Crippen molar-refractivity contribution in [2.45, 2.75) is 51.3 Å². The molecule has 156 valence electrons. The number of anilines is 1. The average Bonchev–Trinajstić information content (AvgIpc) is 2.89. The molecule has 2 saturated heterocycles. The van der Waals surface area contributed by atoms with E-state index < -0.39 is 5.60 Å². The molecule has 4 rings (SSSR count). The monoisotopic (exact) mass is 612 g/mol. The Hall–Kier alpha value is -0.580. The predicted octanol–water partition coefficient (Wildman–Crippen LogP) is 5.89. The lowest BCUT2D eigenvalue weighted by atomic mass is 10.1. The van der Waals surface area contributed by atoms with Gasteiger partial charge in [0.05, 0.1) is 27.1 Å². The van der Waals surface area contributed by atoms with Crippen LogP contribution in [0.1, 0.15) is 33.6 Å². The molecule has 0 N–H and O–H groups in total. The van der Waals surface area contributed by atoms with Crippen molar-refractivity contribution < 1.29 is 9.53 Å². The van der Waals surface area contributed by atoms with Crippen LogP contribution in [0.15, 0.2) is 10.5 Å². The van der Waals surface area contributed by atoms with E-state index in [9.17, 15) is 4.79 Å². The minimum atomic E-state index is -0.509. The first kappa shape index (κ1) is 21.6. The van der Waals surface area contributed by atoms with Gasteiger partial charge in [-0.05, 0) is 89.8 Å². The van der Waals surface area contributed by atoms with Crippen molar-refractivity contribution in [1.29, 1.82) is 0 Å². The molecule has 2 aliphatic rings. The van der Waals surface area contributed by atoms with Gasteiger partial charge in [-0.1, -0.05) is 11.6 Å². The van der Waals surface area contributed by atoms with Crippen LogP contribution in [0.2, 0.25) is 10.3 Å². The van der Waals surface area contributed by atoms with Crippen molar-refractivity contribution in [3.63, 3.8) is 0 Å². The van der Waals surface area contributed by atoms with E-state index in [1.54, 1.807) is 0 Å². The average molecular weight is 614 g/mol. The Morgan fingerprint density at radius 1 is 1.24 bits per heavy atom. The van der Waals surface area contributed by atoms with E-state index in [4.69, 9.17) is 27.9 Å². The minimum absolute atomic E-state index is 0.0809. The van der Waals surface area contributed by atoms with Crippen LogP contribution in [0.4, 0.5) is 10.6 Å². The fraction of sp³-hybridized carbons (Fsp3) is 0.526. The van der Waals surface area contributed by atoms with Crippen LogP contribution in [-0.2, 0) is 4.74 Å². The van der Waals surface area contributed by atoms with Crippen LogP contribution < -0.4 is 4.90 Å². The molecule has 0 saturated carbocycles. The molecule has 0 spiro atoms. The van der Waals surface area contributed by atoms with E-state index in [2.05, 4.69) is 53.4 Å².